The first-order valence-electron chi connectivity index (χ1n) is 5.11. The predicted molar refractivity (Wildman–Crippen MR) is 57.7 cm³/mol. The molecule has 0 aliphatic rings. The molecule has 1 aromatic rings. The fourth-order valence-corrected chi connectivity index (χ4v) is 2.32. The van der Waals surface area contributed by atoms with Gasteiger partial charge in [0, 0.05) is 0 Å². The zero-order chi connectivity index (χ0) is 12.3. The van der Waals surface area contributed by atoms with E-state index in [0.29, 0.717) is 6.42 Å². The van der Waals surface area contributed by atoms with E-state index in [1.807, 2.05) is 6.92 Å². The molecule has 0 heterocycles. The molecule has 0 amide bonds. The Kier molecular flexibility index (Phi) is 4.85. The van der Waals surface area contributed by atoms with Gasteiger partial charge in [-0.25, -0.2) is 0 Å². The van der Waals surface area contributed by atoms with Crippen molar-refractivity contribution in [3.8, 4) is 0 Å². The van der Waals surface area contributed by atoms with Crippen LogP contribution in [0.1, 0.15) is 31.7 Å². The molecule has 0 radical (unpaired) electrons. The Bertz CT molecular complexity index is 361. The molecule has 0 nitrogen and oxygen atoms in total. The van der Waals surface area contributed by atoms with E-state index in [0.717, 1.165) is 29.7 Å². The van der Waals surface area contributed by atoms with Crippen molar-refractivity contribution in [2.24, 2.45) is 0 Å². The van der Waals surface area contributed by atoms with Crippen LogP contribution in [0.5, 0.6) is 0 Å². The minimum atomic E-state index is -1.71. The van der Waals surface area contributed by atoms with Gasteiger partial charge in [-0.3, -0.25) is 0 Å². The fourth-order valence-electron chi connectivity index (χ4n) is 1.49. The number of rotatable bonds is 4. The zero-order valence-electron chi connectivity index (χ0n) is 8.92. The molecule has 1 unspecified atom stereocenters. The van der Waals surface area contributed by atoms with Gasteiger partial charge >= 0.3 is 100 Å². The number of hydrogen-bond donors (Lipinski definition) is 0. The molecule has 0 aliphatic heterocycles. The SMILES string of the molecule is CCCCCc1c(F)c(F)c(F)c(F)c1[AsH2]. The summed E-state index contributed by atoms with van der Waals surface area (Å²) in [6, 6.07) is 0. The van der Waals surface area contributed by atoms with E-state index in [-0.39, 0.29) is 16.3 Å². The van der Waals surface area contributed by atoms with Crippen molar-refractivity contribution in [1.29, 1.82) is 0 Å². The van der Waals surface area contributed by atoms with Crippen LogP contribution in [0.25, 0.3) is 0 Å². The summed E-state index contributed by atoms with van der Waals surface area (Å²) in [4.78, 5) is 0. The molecular formula is C11H13AsF4. The van der Waals surface area contributed by atoms with Crippen LogP contribution < -0.4 is 4.35 Å². The molecule has 16 heavy (non-hydrogen) atoms. The molecular weight excluding hydrogens is 283 g/mol. The molecule has 0 spiro atoms. The first-order chi connectivity index (χ1) is 7.50. The Morgan fingerprint density at radius 2 is 1.44 bits per heavy atom. The molecule has 1 atom stereocenters. The Morgan fingerprint density at radius 3 is 2.00 bits per heavy atom. The van der Waals surface area contributed by atoms with Crippen LogP contribution in [0.3, 0.4) is 0 Å². The van der Waals surface area contributed by atoms with Crippen LogP contribution in [-0.4, -0.2) is 16.9 Å². The maximum absolute atomic E-state index is 13.4. The summed E-state index contributed by atoms with van der Waals surface area (Å²) in [5.41, 5.74) is -0.0233. The number of unbranched alkanes of at least 4 members (excludes halogenated alkanes) is 2. The van der Waals surface area contributed by atoms with Crippen molar-refractivity contribution in [1.82, 2.24) is 0 Å². The van der Waals surface area contributed by atoms with Crippen molar-refractivity contribution in [2.45, 2.75) is 32.6 Å². The number of hydrogen-bond acceptors (Lipinski definition) is 0. The third-order valence-electron chi connectivity index (χ3n) is 2.43. The predicted octanol–water partition coefficient (Wildman–Crippen LogP) is 2.23. The van der Waals surface area contributed by atoms with E-state index in [4.69, 9.17) is 0 Å². The van der Waals surface area contributed by atoms with E-state index in [1.54, 1.807) is 0 Å². The average molecular weight is 296 g/mol. The van der Waals surface area contributed by atoms with Gasteiger partial charge in [0.15, 0.2) is 0 Å². The Labute approximate surface area is 101 Å². The molecule has 0 N–H and O–H groups in total. The average Bonchev–Trinajstić information content (AvgIpc) is 2.28. The number of benzene rings is 1. The molecule has 0 aromatic heterocycles. The molecule has 0 bridgehead atoms. The Balaban J connectivity index is 3.08. The Hall–Kier alpha value is -0.502. The summed E-state index contributed by atoms with van der Waals surface area (Å²) in [5.74, 6) is -5.92. The van der Waals surface area contributed by atoms with Gasteiger partial charge < -0.3 is 0 Å². The van der Waals surface area contributed by atoms with Crippen LogP contribution in [0.2, 0.25) is 0 Å². The monoisotopic (exact) mass is 296 g/mol. The van der Waals surface area contributed by atoms with E-state index in [9.17, 15) is 17.6 Å². The van der Waals surface area contributed by atoms with E-state index in [1.165, 1.54) is 0 Å². The van der Waals surface area contributed by atoms with Gasteiger partial charge in [0.1, 0.15) is 0 Å². The summed E-state index contributed by atoms with van der Waals surface area (Å²) in [6.07, 6.45) is 2.68. The van der Waals surface area contributed by atoms with Gasteiger partial charge in [0.25, 0.3) is 0 Å². The second-order valence-corrected chi connectivity index (χ2v) is 4.82. The fraction of sp³-hybridized carbons (Fsp3) is 0.455. The summed E-state index contributed by atoms with van der Waals surface area (Å²) >= 11 is 0.773. The zero-order valence-corrected chi connectivity index (χ0v) is 11.3. The van der Waals surface area contributed by atoms with Gasteiger partial charge in [-0.05, 0) is 0 Å². The normalized spacial score (nSPS) is 10.9. The molecule has 1 aromatic carbocycles. The van der Waals surface area contributed by atoms with Crippen molar-refractivity contribution >= 4 is 21.2 Å². The second kappa shape index (κ2) is 5.72. The van der Waals surface area contributed by atoms with E-state index in [2.05, 4.69) is 0 Å². The topological polar surface area (TPSA) is 0 Å². The van der Waals surface area contributed by atoms with Gasteiger partial charge in [0.05, 0.1) is 0 Å². The van der Waals surface area contributed by atoms with Gasteiger partial charge in [-0.1, -0.05) is 0 Å². The van der Waals surface area contributed by atoms with E-state index < -0.39 is 23.3 Å². The van der Waals surface area contributed by atoms with Crippen LogP contribution in [0.15, 0.2) is 0 Å². The van der Waals surface area contributed by atoms with Crippen molar-refractivity contribution < 1.29 is 17.6 Å². The summed E-state index contributed by atoms with van der Waals surface area (Å²) in [6.45, 7) is 1.97. The standard InChI is InChI=1S/C11H13AsF4/c1-2-3-4-5-6-7(12)9(14)11(16)10(15)8(6)13/h2-5,12H2,1H3. The molecule has 0 fully saturated rings. The minimum absolute atomic E-state index is 0.0233. The van der Waals surface area contributed by atoms with Crippen molar-refractivity contribution in [3.05, 3.63) is 28.8 Å². The maximum atomic E-state index is 13.4. The molecule has 0 aliphatic carbocycles. The first-order valence-corrected chi connectivity index (χ1v) is 6.32. The third kappa shape index (κ3) is 2.60. The van der Waals surface area contributed by atoms with E-state index >= 15 is 0 Å². The van der Waals surface area contributed by atoms with Gasteiger partial charge in [0.2, 0.25) is 0 Å². The Morgan fingerprint density at radius 1 is 0.875 bits per heavy atom. The molecule has 1 rings (SSSR count). The van der Waals surface area contributed by atoms with Gasteiger partial charge in [-0.15, -0.1) is 0 Å². The third-order valence-corrected chi connectivity index (χ3v) is 3.70. The molecule has 5 heteroatoms. The van der Waals surface area contributed by atoms with Crippen LogP contribution >= 0.6 is 0 Å². The molecule has 0 saturated carbocycles. The van der Waals surface area contributed by atoms with Crippen LogP contribution in [0.4, 0.5) is 17.6 Å². The van der Waals surface area contributed by atoms with Gasteiger partial charge in [-0.2, -0.15) is 0 Å². The number of halogens is 4. The first kappa shape index (κ1) is 13.6. The van der Waals surface area contributed by atoms with Crippen molar-refractivity contribution in [2.75, 3.05) is 0 Å². The van der Waals surface area contributed by atoms with Crippen LogP contribution in [-0.2, 0) is 6.42 Å². The van der Waals surface area contributed by atoms with Crippen LogP contribution in [0, 0.1) is 23.3 Å². The van der Waals surface area contributed by atoms with Crippen molar-refractivity contribution in [3.63, 3.8) is 0 Å². The quantitative estimate of drug-likeness (QED) is 0.263. The molecule has 90 valence electrons. The summed E-state index contributed by atoms with van der Waals surface area (Å²) in [5, 5.41) is 0. The second-order valence-electron chi connectivity index (χ2n) is 3.61. The molecule has 0 saturated heterocycles. The summed E-state index contributed by atoms with van der Waals surface area (Å²) < 4.78 is 52.3. The summed E-state index contributed by atoms with van der Waals surface area (Å²) in [7, 11) is 0.